The van der Waals surface area contributed by atoms with Crippen LogP contribution in [0.2, 0.25) is 0 Å². The van der Waals surface area contributed by atoms with E-state index in [9.17, 15) is 45.6 Å². The molecule has 0 aromatic heterocycles. The second-order valence-electron chi connectivity index (χ2n) is 25.7. The van der Waals surface area contributed by atoms with Crippen molar-refractivity contribution in [1.29, 1.82) is 0 Å². The molecule has 2 heterocycles. The summed E-state index contributed by atoms with van der Waals surface area (Å²) in [4.78, 5) is 13.3. The van der Waals surface area contributed by atoms with Gasteiger partial charge in [-0.25, -0.2) is 0 Å². The minimum absolute atomic E-state index is 0.244. The molecule has 0 aromatic rings. The van der Waals surface area contributed by atoms with Crippen molar-refractivity contribution in [3.63, 3.8) is 0 Å². The van der Waals surface area contributed by atoms with Crippen molar-refractivity contribution in [2.45, 2.75) is 389 Å². The van der Waals surface area contributed by atoms with E-state index in [-0.39, 0.29) is 18.9 Å². The van der Waals surface area contributed by atoms with Crippen molar-refractivity contribution in [2.75, 3.05) is 19.8 Å². The quantitative estimate of drug-likeness (QED) is 0.0204. The number of nitrogens with one attached hydrogen (secondary N) is 1. The van der Waals surface area contributed by atoms with E-state index >= 15 is 0 Å². The summed E-state index contributed by atoms with van der Waals surface area (Å²) in [6, 6.07) is -0.932. The average Bonchev–Trinajstić information content (AvgIpc) is 2.33. The first-order chi connectivity index (χ1) is 42.6. The van der Waals surface area contributed by atoms with Crippen LogP contribution in [0.3, 0.4) is 0 Å². The second-order valence-corrected chi connectivity index (χ2v) is 25.7. The summed E-state index contributed by atoms with van der Waals surface area (Å²) in [5.74, 6) is -0.244. The molecular formula is C73H135NO13. The van der Waals surface area contributed by atoms with Gasteiger partial charge in [-0.3, -0.25) is 4.79 Å². The Hall–Kier alpha value is -2.05. The third-order valence-electron chi connectivity index (χ3n) is 17.7. The minimum Gasteiger partial charge on any atom is -0.394 e. The third kappa shape index (κ3) is 41.9. The standard InChI is InChI=1S/C73H135NO13/c1-3-5-7-9-11-13-15-17-19-21-23-25-27-28-29-30-31-32-33-34-35-37-39-41-43-45-47-49-51-53-55-57-65(78)74-61(60-84-72-70(83)68(81)71(64(59-76)86-72)87-73-69(82)67(80)66(79)63(58-75)85-73)62(77)56-54-52-50-48-46-44-42-40-38-36-26-24-22-20-18-16-14-12-10-8-6-4-2/h15,17,21,23,46,48,54,56,61-64,66-73,75-77,79-83H,3-14,16,18-20,22,24-45,47,49-53,55,57-60H2,1-2H3,(H,74,78)/b17-15-,23-21-,48-46+,56-54+. The lowest BCUT2D eigenvalue weighted by Gasteiger charge is -2.46. The molecule has 9 N–H and O–H groups in total. The van der Waals surface area contributed by atoms with Crippen LogP contribution in [-0.2, 0) is 23.7 Å². The molecule has 0 radical (unpaired) electrons. The van der Waals surface area contributed by atoms with Crippen molar-refractivity contribution in [3.05, 3.63) is 48.6 Å². The number of aliphatic hydroxyl groups excluding tert-OH is 8. The number of hydrogen-bond acceptors (Lipinski definition) is 13. The van der Waals surface area contributed by atoms with Crippen LogP contribution in [-0.4, -0.2) is 140 Å². The van der Waals surface area contributed by atoms with Gasteiger partial charge < -0.3 is 65.1 Å². The Balaban J connectivity index is 1.66. The molecule has 2 saturated heterocycles. The summed E-state index contributed by atoms with van der Waals surface area (Å²) >= 11 is 0. The fourth-order valence-electron chi connectivity index (χ4n) is 11.9. The maximum absolute atomic E-state index is 13.3. The zero-order valence-corrected chi connectivity index (χ0v) is 55.5. The molecule has 14 nitrogen and oxygen atoms in total. The van der Waals surface area contributed by atoms with E-state index in [1.54, 1.807) is 6.08 Å². The molecule has 0 bridgehead atoms. The topological polar surface area (TPSA) is 228 Å². The van der Waals surface area contributed by atoms with Crippen LogP contribution < -0.4 is 5.32 Å². The van der Waals surface area contributed by atoms with Gasteiger partial charge in [-0.05, 0) is 64.2 Å². The fourth-order valence-corrected chi connectivity index (χ4v) is 11.9. The lowest BCUT2D eigenvalue weighted by atomic mass is 9.97. The van der Waals surface area contributed by atoms with Gasteiger partial charge in [-0.1, -0.05) is 294 Å². The Morgan fingerprint density at radius 2 is 0.770 bits per heavy atom. The summed E-state index contributed by atoms with van der Waals surface area (Å²) in [6.07, 6.45) is 58.9. The van der Waals surface area contributed by atoms with Gasteiger partial charge in [0.15, 0.2) is 12.6 Å². The van der Waals surface area contributed by atoms with Crippen molar-refractivity contribution >= 4 is 5.91 Å². The first kappa shape index (κ1) is 81.0. The Morgan fingerprint density at radius 3 is 1.20 bits per heavy atom. The van der Waals surface area contributed by atoms with Crippen molar-refractivity contribution in [2.24, 2.45) is 0 Å². The SMILES string of the molecule is CCCCCCC/C=C\C/C=C\CCCCCCCCCCCCCCCCCCCCCC(=O)NC(COC1OC(CO)C(OC2OC(CO)C(O)C(O)C2O)C(O)C1O)C(O)/C=C/CC/C=C/CCCCCCCCCCCCCCCCCC. The largest absolute Gasteiger partial charge is 0.394 e. The smallest absolute Gasteiger partial charge is 0.220 e. The Morgan fingerprint density at radius 1 is 0.414 bits per heavy atom. The van der Waals surface area contributed by atoms with Gasteiger partial charge >= 0.3 is 0 Å². The minimum atomic E-state index is -1.79. The van der Waals surface area contributed by atoms with Gasteiger partial charge in [0.25, 0.3) is 0 Å². The van der Waals surface area contributed by atoms with Crippen LogP contribution in [0.15, 0.2) is 48.6 Å². The average molecular weight is 1230 g/mol. The van der Waals surface area contributed by atoms with Gasteiger partial charge in [0.2, 0.25) is 5.91 Å². The number of amides is 1. The van der Waals surface area contributed by atoms with E-state index in [0.29, 0.717) is 12.8 Å². The molecule has 0 saturated carbocycles. The highest BCUT2D eigenvalue weighted by molar-refractivity contribution is 5.76. The molecule has 510 valence electrons. The van der Waals surface area contributed by atoms with Crippen molar-refractivity contribution in [1.82, 2.24) is 5.32 Å². The Kier molecular flexibility index (Phi) is 53.9. The number of hydrogen-bond donors (Lipinski definition) is 9. The molecular weight excluding hydrogens is 1100 g/mol. The maximum Gasteiger partial charge on any atom is 0.220 e. The molecule has 0 aromatic carbocycles. The van der Waals surface area contributed by atoms with Crippen LogP contribution in [0.1, 0.15) is 316 Å². The number of carbonyl (C=O) groups excluding carboxylic acids is 1. The Labute approximate surface area is 531 Å². The zero-order chi connectivity index (χ0) is 63.1. The molecule has 1 amide bonds. The first-order valence-corrected chi connectivity index (χ1v) is 36.4. The lowest BCUT2D eigenvalue weighted by molar-refractivity contribution is -0.359. The first-order valence-electron chi connectivity index (χ1n) is 36.4. The van der Waals surface area contributed by atoms with E-state index in [0.717, 1.165) is 38.5 Å². The molecule has 2 aliphatic rings. The number of unbranched alkanes of at least 4 members (excludes halogenated alkanes) is 41. The fraction of sp³-hybridized carbons (Fsp3) is 0.877. The highest BCUT2D eigenvalue weighted by Crippen LogP contribution is 2.30. The Bertz CT molecular complexity index is 1640. The number of allylic oxidation sites excluding steroid dienone is 7. The normalized spacial score (nSPS) is 23.5. The van der Waals surface area contributed by atoms with Gasteiger partial charge in [0, 0.05) is 6.42 Å². The van der Waals surface area contributed by atoms with Crippen LogP contribution in [0.5, 0.6) is 0 Å². The highest BCUT2D eigenvalue weighted by atomic mass is 16.7. The number of ether oxygens (including phenoxy) is 4. The molecule has 2 aliphatic heterocycles. The predicted octanol–water partition coefficient (Wildman–Crippen LogP) is 15.1. The molecule has 2 rings (SSSR count). The summed E-state index contributed by atoms with van der Waals surface area (Å²) in [6.45, 7) is 2.81. The van der Waals surface area contributed by atoms with E-state index < -0.39 is 86.8 Å². The molecule has 0 spiro atoms. The van der Waals surface area contributed by atoms with Crippen LogP contribution in [0, 0.1) is 0 Å². The van der Waals surface area contributed by atoms with Gasteiger partial charge in [0.1, 0.15) is 48.8 Å². The van der Waals surface area contributed by atoms with Gasteiger partial charge in [0.05, 0.1) is 32.0 Å². The predicted molar refractivity (Wildman–Crippen MR) is 355 cm³/mol. The molecule has 2 fully saturated rings. The van der Waals surface area contributed by atoms with Crippen LogP contribution in [0.25, 0.3) is 0 Å². The lowest BCUT2D eigenvalue weighted by Crippen LogP contribution is -2.65. The van der Waals surface area contributed by atoms with Crippen LogP contribution >= 0.6 is 0 Å². The van der Waals surface area contributed by atoms with E-state index in [1.165, 1.54) is 244 Å². The number of carbonyl (C=O) groups is 1. The zero-order valence-electron chi connectivity index (χ0n) is 55.5. The third-order valence-corrected chi connectivity index (χ3v) is 17.7. The summed E-state index contributed by atoms with van der Waals surface area (Å²) in [5, 5.41) is 87.4. The van der Waals surface area contributed by atoms with E-state index in [1.807, 2.05) is 6.08 Å². The van der Waals surface area contributed by atoms with E-state index in [2.05, 4.69) is 55.6 Å². The van der Waals surface area contributed by atoms with Crippen LogP contribution in [0.4, 0.5) is 0 Å². The number of rotatable bonds is 60. The van der Waals surface area contributed by atoms with Gasteiger partial charge in [-0.2, -0.15) is 0 Å². The molecule has 87 heavy (non-hydrogen) atoms. The van der Waals surface area contributed by atoms with Crippen molar-refractivity contribution in [3.8, 4) is 0 Å². The second kappa shape index (κ2) is 57.8. The summed E-state index contributed by atoms with van der Waals surface area (Å²) in [5.41, 5.74) is 0. The van der Waals surface area contributed by atoms with Gasteiger partial charge in [-0.15, -0.1) is 0 Å². The molecule has 14 heteroatoms. The van der Waals surface area contributed by atoms with E-state index in [4.69, 9.17) is 18.9 Å². The summed E-state index contributed by atoms with van der Waals surface area (Å²) < 4.78 is 22.9. The maximum atomic E-state index is 13.3. The highest BCUT2D eigenvalue weighted by Gasteiger charge is 2.51. The molecule has 0 aliphatic carbocycles. The molecule has 12 unspecified atom stereocenters. The summed E-state index contributed by atoms with van der Waals surface area (Å²) in [7, 11) is 0. The number of aliphatic hydroxyl groups is 8. The van der Waals surface area contributed by atoms with Crippen molar-refractivity contribution < 1.29 is 64.6 Å². The monoisotopic (exact) mass is 1230 g/mol. The molecule has 12 atom stereocenters.